The summed E-state index contributed by atoms with van der Waals surface area (Å²) in [7, 11) is 0. The van der Waals surface area contributed by atoms with E-state index in [1.165, 1.54) is 0 Å². The number of hydrogen-bond donors (Lipinski definition) is 3. The van der Waals surface area contributed by atoms with Crippen LogP contribution in [0.3, 0.4) is 0 Å². The molecular formula is C20H24N2O4. The Morgan fingerprint density at radius 2 is 1.85 bits per heavy atom. The molecule has 6 nitrogen and oxygen atoms in total. The molecule has 0 aliphatic heterocycles. The standard InChI is InChI=1S/C20H24N2O4/c1-2-26-11-5-10-21-19(23)16-7-4-9-18(13-16)22-14-15-6-3-8-17(12-15)20(24)25/h3-4,6-9,12-13,22H,2,5,10-11,14H2,1H3,(H,21,23)(H,24,25). The van der Waals surface area contributed by atoms with Gasteiger partial charge in [-0.3, -0.25) is 4.79 Å². The lowest BCUT2D eigenvalue weighted by Gasteiger charge is -2.10. The quantitative estimate of drug-likeness (QED) is 0.569. The van der Waals surface area contributed by atoms with Crippen molar-refractivity contribution in [3.8, 4) is 0 Å². The summed E-state index contributed by atoms with van der Waals surface area (Å²) in [6.45, 7) is 4.29. The molecule has 0 aliphatic rings. The summed E-state index contributed by atoms with van der Waals surface area (Å²) in [6, 6.07) is 14.0. The van der Waals surface area contributed by atoms with Gasteiger partial charge in [-0.1, -0.05) is 18.2 Å². The van der Waals surface area contributed by atoms with E-state index in [4.69, 9.17) is 9.84 Å². The minimum absolute atomic E-state index is 0.127. The second-order valence-electron chi connectivity index (χ2n) is 5.75. The smallest absolute Gasteiger partial charge is 0.335 e. The zero-order valence-corrected chi connectivity index (χ0v) is 14.8. The van der Waals surface area contributed by atoms with Crippen molar-refractivity contribution in [3.05, 3.63) is 65.2 Å². The third-order valence-electron chi connectivity index (χ3n) is 3.75. The van der Waals surface area contributed by atoms with Crippen molar-refractivity contribution < 1.29 is 19.4 Å². The van der Waals surface area contributed by atoms with Crippen LogP contribution in [0.25, 0.3) is 0 Å². The number of carboxylic acid groups (broad SMARTS) is 1. The SMILES string of the molecule is CCOCCCNC(=O)c1cccc(NCc2cccc(C(=O)O)c2)c1. The second-order valence-corrected chi connectivity index (χ2v) is 5.75. The summed E-state index contributed by atoms with van der Waals surface area (Å²) in [5, 5.41) is 15.1. The van der Waals surface area contributed by atoms with Crippen LogP contribution in [0, 0.1) is 0 Å². The summed E-state index contributed by atoms with van der Waals surface area (Å²) in [5.41, 5.74) is 2.48. The lowest BCUT2D eigenvalue weighted by atomic mass is 10.1. The van der Waals surface area contributed by atoms with Gasteiger partial charge in [0.25, 0.3) is 5.91 Å². The molecule has 6 heteroatoms. The zero-order valence-electron chi connectivity index (χ0n) is 14.8. The number of carboxylic acids is 1. The van der Waals surface area contributed by atoms with Gasteiger partial charge in [0, 0.05) is 37.6 Å². The molecule has 26 heavy (non-hydrogen) atoms. The maximum Gasteiger partial charge on any atom is 0.335 e. The topological polar surface area (TPSA) is 87.7 Å². The molecule has 0 atom stereocenters. The van der Waals surface area contributed by atoms with Gasteiger partial charge in [-0.15, -0.1) is 0 Å². The number of rotatable bonds is 10. The van der Waals surface area contributed by atoms with Crippen LogP contribution in [0.1, 0.15) is 39.6 Å². The Morgan fingerprint density at radius 1 is 1.08 bits per heavy atom. The lowest BCUT2D eigenvalue weighted by Crippen LogP contribution is -2.25. The molecule has 1 amide bonds. The van der Waals surface area contributed by atoms with Crippen molar-refractivity contribution in [1.82, 2.24) is 5.32 Å². The Balaban J connectivity index is 1.89. The highest BCUT2D eigenvalue weighted by molar-refractivity contribution is 5.95. The number of nitrogens with one attached hydrogen (secondary N) is 2. The van der Waals surface area contributed by atoms with Gasteiger partial charge in [-0.25, -0.2) is 4.79 Å². The predicted molar refractivity (Wildman–Crippen MR) is 101 cm³/mol. The van der Waals surface area contributed by atoms with Crippen molar-refractivity contribution in [2.75, 3.05) is 25.1 Å². The number of benzene rings is 2. The fourth-order valence-corrected chi connectivity index (χ4v) is 2.41. The van der Waals surface area contributed by atoms with Gasteiger partial charge in [0.15, 0.2) is 0 Å². The van der Waals surface area contributed by atoms with Crippen molar-refractivity contribution in [3.63, 3.8) is 0 Å². The monoisotopic (exact) mass is 356 g/mol. The molecule has 0 saturated heterocycles. The van der Waals surface area contributed by atoms with Crippen LogP contribution in [0.5, 0.6) is 0 Å². The highest BCUT2D eigenvalue weighted by Crippen LogP contribution is 2.13. The molecule has 0 aliphatic carbocycles. The number of ether oxygens (including phenoxy) is 1. The van der Waals surface area contributed by atoms with Gasteiger partial charge in [-0.2, -0.15) is 0 Å². The molecule has 3 N–H and O–H groups in total. The van der Waals surface area contributed by atoms with E-state index < -0.39 is 5.97 Å². The fraction of sp³-hybridized carbons (Fsp3) is 0.300. The maximum atomic E-state index is 12.2. The summed E-state index contributed by atoms with van der Waals surface area (Å²) < 4.78 is 5.24. The molecular weight excluding hydrogens is 332 g/mol. The van der Waals surface area contributed by atoms with E-state index in [9.17, 15) is 9.59 Å². The number of carbonyl (C=O) groups excluding carboxylic acids is 1. The number of aromatic carboxylic acids is 1. The molecule has 0 radical (unpaired) electrons. The second kappa shape index (κ2) is 10.2. The van der Waals surface area contributed by atoms with Crippen LogP contribution in [0.4, 0.5) is 5.69 Å². The van der Waals surface area contributed by atoms with Gasteiger partial charge >= 0.3 is 5.97 Å². The molecule has 2 aromatic rings. The van der Waals surface area contributed by atoms with E-state index >= 15 is 0 Å². The minimum Gasteiger partial charge on any atom is -0.478 e. The molecule has 0 saturated carbocycles. The molecule has 0 unspecified atom stereocenters. The third kappa shape index (κ3) is 6.22. The largest absolute Gasteiger partial charge is 0.478 e. The average molecular weight is 356 g/mol. The maximum absolute atomic E-state index is 12.2. The Bertz CT molecular complexity index is 746. The molecule has 2 aromatic carbocycles. The molecule has 2 rings (SSSR count). The molecule has 0 heterocycles. The van der Waals surface area contributed by atoms with E-state index in [2.05, 4.69) is 10.6 Å². The Hall–Kier alpha value is -2.86. The summed E-state index contributed by atoms with van der Waals surface area (Å²) in [4.78, 5) is 23.2. The number of amides is 1. The summed E-state index contributed by atoms with van der Waals surface area (Å²) in [6.07, 6.45) is 0.775. The lowest BCUT2D eigenvalue weighted by molar-refractivity contribution is 0.0696. The molecule has 0 bridgehead atoms. The number of carbonyl (C=O) groups is 2. The van der Waals surface area contributed by atoms with Gasteiger partial charge in [0.2, 0.25) is 0 Å². The minimum atomic E-state index is -0.949. The molecule has 0 aromatic heterocycles. The first-order valence-electron chi connectivity index (χ1n) is 8.62. The Morgan fingerprint density at radius 3 is 2.62 bits per heavy atom. The van der Waals surface area contributed by atoms with E-state index in [1.54, 1.807) is 30.3 Å². The first-order valence-corrected chi connectivity index (χ1v) is 8.62. The summed E-state index contributed by atoms with van der Waals surface area (Å²) in [5.74, 6) is -1.08. The van der Waals surface area contributed by atoms with Gasteiger partial charge < -0.3 is 20.5 Å². The van der Waals surface area contributed by atoms with Gasteiger partial charge in [-0.05, 0) is 49.2 Å². The van der Waals surface area contributed by atoms with E-state index in [0.29, 0.717) is 31.9 Å². The molecule has 0 spiro atoms. The van der Waals surface area contributed by atoms with Crippen LogP contribution in [-0.4, -0.2) is 36.7 Å². The van der Waals surface area contributed by atoms with Crippen molar-refractivity contribution in [1.29, 1.82) is 0 Å². The average Bonchev–Trinajstić information content (AvgIpc) is 2.66. The number of hydrogen-bond acceptors (Lipinski definition) is 4. The van der Waals surface area contributed by atoms with Crippen molar-refractivity contribution in [2.24, 2.45) is 0 Å². The van der Waals surface area contributed by atoms with Crippen molar-refractivity contribution in [2.45, 2.75) is 19.9 Å². The first kappa shape index (κ1) is 19.5. The molecule has 138 valence electrons. The van der Waals surface area contributed by atoms with Gasteiger partial charge in [0.05, 0.1) is 5.56 Å². The highest BCUT2D eigenvalue weighted by Gasteiger charge is 2.06. The van der Waals surface area contributed by atoms with Crippen LogP contribution < -0.4 is 10.6 Å². The van der Waals surface area contributed by atoms with E-state index in [1.807, 2.05) is 25.1 Å². The molecule has 0 fully saturated rings. The van der Waals surface area contributed by atoms with Crippen LogP contribution in [-0.2, 0) is 11.3 Å². The van der Waals surface area contributed by atoms with Crippen LogP contribution >= 0.6 is 0 Å². The highest BCUT2D eigenvalue weighted by atomic mass is 16.5. The normalized spacial score (nSPS) is 10.3. The predicted octanol–water partition coefficient (Wildman–Crippen LogP) is 3.15. The first-order chi connectivity index (χ1) is 12.6. The zero-order chi connectivity index (χ0) is 18.8. The fourth-order valence-electron chi connectivity index (χ4n) is 2.41. The Labute approximate surface area is 153 Å². The Kier molecular flexibility index (Phi) is 7.64. The van der Waals surface area contributed by atoms with Gasteiger partial charge in [0.1, 0.15) is 0 Å². The van der Waals surface area contributed by atoms with Crippen molar-refractivity contribution >= 4 is 17.6 Å². The number of anilines is 1. The summed E-state index contributed by atoms with van der Waals surface area (Å²) >= 11 is 0. The van der Waals surface area contributed by atoms with Crippen LogP contribution in [0.2, 0.25) is 0 Å². The van der Waals surface area contributed by atoms with Crippen LogP contribution in [0.15, 0.2) is 48.5 Å². The van der Waals surface area contributed by atoms with E-state index in [0.717, 1.165) is 17.7 Å². The third-order valence-corrected chi connectivity index (χ3v) is 3.75. The van der Waals surface area contributed by atoms with E-state index in [-0.39, 0.29) is 11.5 Å².